The molecule has 2 amide bonds. The van der Waals surface area contributed by atoms with Crippen LogP contribution in [0.4, 0.5) is 9.93 Å². The molecule has 0 unspecified atom stereocenters. The molecular weight excluding hydrogens is 270 g/mol. The number of hydrogen-bond donors (Lipinski definition) is 2. The average Bonchev–Trinajstić information content (AvgIpc) is 2.81. The van der Waals surface area contributed by atoms with Crippen molar-refractivity contribution in [3.05, 3.63) is 46.4 Å². The van der Waals surface area contributed by atoms with Crippen molar-refractivity contribution in [2.24, 2.45) is 0 Å². The number of halogens is 1. The summed E-state index contributed by atoms with van der Waals surface area (Å²) < 4.78 is 0. The van der Waals surface area contributed by atoms with E-state index in [-0.39, 0.29) is 12.1 Å². The smallest absolute Gasteiger partial charge is 0.321 e. The Morgan fingerprint density at radius 3 is 3.00 bits per heavy atom. The molecule has 0 fully saturated rings. The van der Waals surface area contributed by atoms with Gasteiger partial charge in [-0.2, -0.15) is 0 Å². The van der Waals surface area contributed by atoms with Gasteiger partial charge in [0.25, 0.3) is 0 Å². The molecule has 2 N–H and O–H groups in total. The molecule has 0 radical (unpaired) electrons. The lowest BCUT2D eigenvalue weighted by Crippen LogP contribution is -2.31. The minimum atomic E-state index is -0.280. The van der Waals surface area contributed by atoms with E-state index in [0.717, 1.165) is 5.56 Å². The highest BCUT2D eigenvalue weighted by molar-refractivity contribution is 7.13. The van der Waals surface area contributed by atoms with Crippen molar-refractivity contribution in [1.82, 2.24) is 10.3 Å². The van der Waals surface area contributed by atoms with Crippen LogP contribution in [-0.4, -0.2) is 11.0 Å². The van der Waals surface area contributed by atoms with Gasteiger partial charge in [-0.05, 0) is 24.6 Å². The van der Waals surface area contributed by atoms with Crippen LogP contribution in [0.25, 0.3) is 0 Å². The maximum atomic E-state index is 11.7. The van der Waals surface area contributed by atoms with Gasteiger partial charge in [-0.25, -0.2) is 9.78 Å². The summed E-state index contributed by atoms with van der Waals surface area (Å²) in [5.74, 6) is 0. The molecule has 1 heterocycles. The molecule has 0 bridgehead atoms. The van der Waals surface area contributed by atoms with Crippen LogP contribution in [0.15, 0.2) is 35.8 Å². The summed E-state index contributed by atoms with van der Waals surface area (Å²) in [6, 6.07) is 7.00. The Balaban J connectivity index is 1.95. The maximum Gasteiger partial charge on any atom is 0.321 e. The van der Waals surface area contributed by atoms with E-state index in [1.807, 2.05) is 25.1 Å². The molecule has 1 aromatic carbocycles. The van der Waals surface area contributed by atoms with Gasteiger partial charge in [0.15, 0.2) is 5.13 Å². The fraction of sp³-hybridized carbons (Fsp3) is 0.167. The first-order chi connectivity index (χ1) is 8.65. The standard InChI is InChI=1S/C12H12ClN3OS/c1-8(9-3-2-4-10(13)7-9)15-11(17)16-12-14-5-6-18-12/h2-8H,1H3,(H2,14,15,16,17)/t8-/m0/s1. The van der Waals surface area contributed by atoms with Crippen molar-refractivity contribution in [3.8, 4) is 0 Å². The molecular formula is C12H12ClN3OS. The van der Waals surface area contributed by atoms with Crippen molar-refractivity contribution in [2.45, 2.75) is 13.0 Å². The van der Waals surface area contributed by atoms with Gasteiger partial charge in [-0.15, -0.1) is 11.3 Å². The van der Waals surface area contributed by atoms with Gasteiger partial charge in [0, 0.05) is 16.6 Å². The second-order valence-corrected chi connectivity index (χ2v) is 5.04. The van der Waals surface area contributed by atoms with Crippen LogP contribution in [0.5, 0.6) is 0 Å². The molecule has 18 heavy (non-hydrogen) atoms. The van der Waals surface area contributed by atoms with Crippen molar-refractivity contribution < 1.29 is 4.79 Å². The molecule has 0 saturated carbocycles. The molecule has 6 heteroatoms. The minimum absolute atomic E-state index is 0.122. The first-order valence-corrected chi connectivity index (χ1v) is 6.63. The Kier molecular flexibility index (Phi) is 4.17. The number of benzene rings is 1. The summed E-state index contributed by atoms with van der Waals surface area (Å²) in [5, 5.41) is 8.51. The molecule has 0 aliphatic carbocycles. The highest BCUT2D eigenvalue weighted by Gasteiger charge is 2.10. The lowest BCUT2D eigenvalue weighted by molar-refractivity contribution is 0.249. The van der Waals surface area contributed by atoms with E-state index in [1.165, 1.54) is 11.3 Å². The number of nitrogens with zero attached hydrogens (tertiary/aromatic N) is 1. The molecule has 0 aliphatic heterocycles. The molecule has 94 valence electrons. The zero-order valence-corrected chi connectivity index (χ0v) is 11.3. The predicted molar refractivity (Wildman–Crippen MR) is 74.1 cm³/mol. The van der Waals surface area contributed by atoms with Crippen LogP contribution in [-0.2, 0) is 0 Å². The summed E-state index contributed by atoms with van der Waals surface area (Å²) in [6.45, 7) is 1.90. The fourth-order valence-electron chi connectivity index (χ4n) is 1.47. The number of anilines is 1. The van der Waals surface area contributed by atoms with Crippen LogP contribution in [0.3, 0.4) is 0 Å². The first-order valence-electron chi connectivity index (χ1n) is 5.37. The molecule has 1 aromatic heterocycles. The van der Waals surface area contributed by atoms with Crippen LogP contribution >= 0.6 is 22.9 Å². The molecule has 2 rings (SSSR count). The number of aromatic nitrogens is 1. The summed E-state index contributed by atoms with van der Waals surface area (Å²) in [7, 11) is 0. The average molecular weight is 282 g/mol. The molecule has 0 aliphatic rings. The largest absolute Gasteiger partial charge is 0.331 e. The van der Waals surface area contributed by atoms with E-state index in [0.29, 0.717) is 10.2 Å². The summed E-state index contributed by atoms with van der Waals surface area (Å²) in [4.78, 5) is 15.7. The normalized spacial score (nSPS) is 11.9. The third kappa shape index (κ3) is 3.45. The Hall–Kier alpha value is -1.59. The van der Waals surface area contributed by atoms with Crippen molar-refractivity contribution in [1.29, 1.82) is 0 Å². The quantitative estimate of drug-likeness (QED) is 0.902. The van der Waals surface area contributed by atoms with Crippen LogP contribution in [0.2, 0.25) is 5.02 Å². The van der Waals surface area contributed by atoms with Gasteiger partial charge in [0.1, 0.15) is 0 Å². The molecule has 0 spiro atoms. The third-order valence-corrected chi connectivity index (χ3v) is 3.27. The Morgan fingerprint density at radius 2 is 2.33 bits per heavy atom. The van der Waals surface area contributed by atoms with Crippen molar-refractivity contribution >= 4 is 34.1 Å². The zero-order valence-electron chi connectivity index (χ0n) is 9.68. The second kappa shape index (κ2) is 5.84. The molecule has 1 atom stereocenters. The van der Waals surface area contributed by atoms with Gasteiger partial charge in [-0.3, -0.25) is 5.32 Å². The zero-order chi connectivity index (χ0) is 13.0. The number of urea groups is 1. The van der Waals surface area contributed by atoms with Crippen LogP contribution in [0, 0.1) is 0 Å². The van der Waals surface area contributed by atoms with Crippen molar-refractivity contribution in [3.63, 3.8) is 0 Å². The number of nitrogens with one attached hydrogen (secondary N) is 2. The summed E-state index contributed by atoms with van der Waals surface area (Å²) in [6.07, 6.45) is 1.64. The number of rotatable bonds is 3. The lowest BCUT2D eigenvalue weighted by Gasteiger charge is -2.14. The summed E-state index contributed by atoms with van der Waals surface area (Å²) >= 11 is 7.28. The fourth-order valence-corrected chi connectivity index (χ4v) is 2.20. The summed E-state index contributed by atoms with van der Waals surface area (Å²) in [5.41, 5.74) is 0.955. The number of amides is 2. The van der Waals surface area contributed by atoms with Gasteiger partial charge >= 0.3 is 6.03 Å². The van der Waals surface area contributed by atoms with E-state index >= 15 is 0 Å². The van der Waals surface area contributed by atoms with Crippen LogP contribution in [0.1, 0.15) is 18.5 Å². The number of hydrogen-bond acceptors (Lipinski definition) is 3. The predicted octanol–water partition coefficient (Wildman–Crippen LogP) is 3.68. The number of carbonyl (C=O) groups excluding carboxylic acids is 1. The van der Waals surface area contributed by atoms with Gasteiger partial charge in [-0.1, -0.05) is 23.7 Å². The number of carbonyl (C=O) groups is 1. The van der Waals surface area contributed by atoms with E-state index in [1.54, 1.807) is 17.6 Å². The highest BCUT2D eigenvalue weighted by Crippen LogP contribution is 2.17. The van der Waals surface area contributed by atoms with E-state index < -0.39 is 0 Å². The maximum absolute atomic E-state index is 11.7. The first kappa shape index (κ1) is 12.9. The van der Waals surface area contributed by atoms with Gasteiger partial charge < -0.3 is 5.32 Å². The van der Waals surface area contributed by atoms with Gasteiger partial charge in [0.05, 0.1) is 6.04 Å². The SMILES string of the molecule is C[C@H](NC(=O)Nc1nccs1)c1cccc(Cl)c1. The molecule has 4 nitrogen and oxygen atoms in total. The minimum Gasteiger partial charge on any atom is -0.331 e. The Labute approximate surface area is 114 Å². The van der Waals surface area contributed by atoms with E-state index in [2.05, 4.69) is 15.6 Å². The third-order valence-electron chi connectivity index (χ3n) is 2.35. The van der Waals surface area contributed by atoms with Crippen LogP contribution < -0.4 is 10.6 Å². The molecule has 2 aromatic rings. The monoisotopic (exact) mass is 281 g/mol. The van der Waals surface area contributed by atoms with E-state index in [4.69, 9.17) is 11.6 Å². The second-order valence-electron chi connectivity index (χ2n) is 3.71. The Morgan fingerprint density at radius 1 is 1.50 bits per heavy atom. The Bertz CT molecular complexity index is 530. The lowest BCUT2D eigenvalue weighted by atomic mass is 10.1. The van der Waals surface area contributed by atoms with Gasteiger partial charge in [0.2, 0.25) is 0 Å². The highest BCUT2D eigenvalue weighted by atomic mass is 35.5. The van der Waals surface area contributed by atoms with E-state index in [9.17, 15) is 4.79 Å². The topological polar surface area (TPSA) is 54.0 Å². The number of thiazole rings is 1. The van der Waals surface area contributed by atoms with Crippen molar-refractivity contribution in [2.75, 3.05) is 5.32 Å². The molecule has 0 saturated heterocycles.